The van der Waals surface area contributed by atoms with Crippen molar-refractivity contribution in [2.75, 3.05) is 25.1 Å². The lowest BCUT2D eigenvalue weighted by molar-refractivity contribution is -0.132. The van der Waals surface area contributed by atoms with Crippen molar-refractivity contribution in [3.63, 3.8) is 0 Å². The average Bonchev–Trinajstić information content (AvgIpc) is 2.19. The summed E-state index contributed by atoms with van der Waals surface area (Å²) in [6.45, 7) is 1.72. The van der Waals surface area contributed by atoms with Gasteiger partial charge in [0.15, 0.2) is 0 Å². The van der Waals surface area contributed by atoms with Crippen LogP contribution in [0.3, 0.4) is 0 Å². The molecule has 0 aromatic heterocycles. The van der Waals surface area contributed by atoms with Crippen molar-refractivity contribution < 1.29 is 4.79 Å². The van der Waals surface area contributed by atoms with Gasteiger partial charge in [-0.3, -0.25) is 4.79 Å². The molecule has 1 aliphatic heterocycles. The molecule has 0 radical (unpaired) electrons. The van der Waals surface area contributed by atoms with E-state index in [1.165, 1.54) is 0 Å². The summed E-state index contributed by atoms with van der Waals surface area (Å²) in [5.74, 6) is 1.39. The van der Waals surface area contributed by atoms with Crippen LogP contribution in [0, 0.1) is 0 Å². The SMILES string of the molecule is CSCCCC(=O)N1CCC(N)CC1.Cl. The molecule has 1 heterocycles. The predicted octanol–water partition coefficient (Wildman–Crippen LogP) is 1.50. The fourth-order valence-corrected chi connectivity index (χ4v) is 2.11. The zero-order valence-electron chi connectivity index (χ0n) is 9.28. The zero-order valence-corrected chi connectivity index (χ0v) is 10.9. The Morgan fingerprint density at radius 2 is 2.07 bits per heavy atom. The van der Waals surface area contributed by atoms with E-state index in [4.69, 9.17) is 5.73 Å². The lowest BCUT2D eigenvalue weighted by atomic mass is 10.1. The molecule has 15 heavy (non-hydrogen) atoms. The second kappa shape index (κ2) is 8.25. The number of nitrogens with zero attached hydrogens (tertiary/aromatic N) is 1. The van der Waals surface area contributed by atoms with Gasteiger partial charge >= 0.3 is 0 Å². The molecular weight excluding hydrogens is 232 g/mol. The number of hydrogen-bond donors (Lipinski definition) is 1. The Labute approximate surface area is 103 Å². The first-order valence-corrected chi connectivity index (χ1v) is 6.65. The van der Waals surface area contributed by atoms with Gasteiger partial charge in [-0.2, -0.15) is 11.8 Å². The van der Waals surface area contributed by atoms with E-state index in [1.807, 2.05) is 4.90 Å². The largest absolute Gasteiger partial charge is 0.343 e. The quantitative estimate of drug-likeness (QED) is 0.772. The Balaban J connectivity index is 0.00000196. The maximum atomic E-state index is 11.7. The van der Waals surface area contributed by atoms with E-state index in [0.29, 0.717) is 18.4 Å². The monoisotopic (exact) mass is 252 g/mol. The summed E-state index contributed by atoms with van der Waals surface area (Å²) in [7, 11) is 0. The molecule has 0 aromatic carbocycles. The van der Waals surface area contributed by atoms with Crippen LogP contribution in [-0.4, -0.2) is 41.9 Å². The molecule has 0 unspecified atom stereocenters. The molecule has 1 aliphatic rings. The van der Waals surface area contributed by atoms with Crippen LogP contribution in [0.4, 0.5) is 0 Å². The number of thioether (sulfide) groups is 1. The number of carbonyl (C=O) groups is 1. The molecule has 0 aromatic rings. The first-order chi connectivity index (χ1) is 6.74. The van der Waals surface area contributed by atoms with Crippen LogP contribution in [-0.2, 0) is 4.79 Å². The van der Waals surface area contributed by atoms with Crippen LogP contribution in [0.2, 0.25) is 0 Å². The molecule has 0 spiro atoms. The Kier molecular flexibility index (Phi) is 8.29. The van der Waals surface area contributed by atoms with Gasteiger partial charge < -0.3 is 10.6 Å². The van der Waals surface area contributed by atoms with Gasteiger partial charge in [0.05, 0.1) is 0 Å². The summed E-state index contributed by atoms with van der Waals surface area (Å²) < 4.78 is 0. The number of amides is 1. The van der Waals surface area contributed by atoms with E-state index in [2.05, 4.69) is 6.26 Å². The second-order valence-electron chi connectivity index (χ2n) is 3.81. The molecule has 0 atom stereocenters. The van der Waals surface area contributed by atoms with Gasteiger partial charge in [-0.05, 0) is 31.3 Å². The molecule has 5 heteroatoms. The molecule has 0 aliphatic carbocycles. The van der Waals surface area contributed by atoms with Crippen molar-refractivity contribution in [1.82, 2.24) is 4.90 Å². The van der Waals surface area contributed by atoms with Crippen LogP contribution >= 0.6 is 24.2 Å². The van der Waals surface area contributed by atoms with Crippen LogP contribution in [0.1, 0.15) is 25.7 Å². The summed E-state index contributed by atoms with van der Waals surface area (Å²) in [6, 6.07) is 0.310. The van der Waals surface area contributed by atoms with Crippen molar-refractivity contribution >= 4 is 30.1 Å². The summed E-state index contributed by atoms with van der Waals surface area (Å²) in [5.41, 5.74) is 5.78. The second-order valence-corrected chi connectivity index (χ2v) is 4.80. The number of likely N-dealkylation sites (tertiary alicyclic amines) is 1. The van der Waals surface area contributed by atoms with Gasteiger partial charge in [0.2, 0.25) is 5.91 Å². The van der Waals surface area contributed by atoms with Crippen molar-refractivity contribution in [3.8, 4) is 0 Å². The minimum Gasteiger partial charge on any atom is -0.343 e. The van der Waals surface area contributed by atoms with Gasteiger partial charge in [-0.25, -0.2) is 0 Å². The molecule has 3 nitrogen and oxygen atoms in total. The topological polar surface area (TPSA) is 46.3 Å². The highest BCUT2D eigenvalue weighted by Crippen LogP contribution is 2.10. The maximum absolute atomic E-state index is 11.7. The van der Waals surface area contributed by atoms with E-state index in [9.17, 15) is 4.79 Å². The van der Waals surface area contributed by atoms with E-state index in [1.54, 1.807) is 11.8 Å². The number of carbonyl (C=O) groups excluding carboxylic acids is 1. The van der Waals surface area contributed by atoms with Gasteiger partial charge in [-0.15, -0.1) is 12.4 Å². The van der Waals surface area contributed by atoms with Crippen molar-refractivity contribution in [1.29, 1.82) is 0 Å². The Hall–Kier alpha value is 0.0700. The highest BCUT2D eigenvalue weighted by molar-refractivity contribution is 7.98. The molecule has 90 valence electrons. The predicted molar refractivity (Wildman–Crippen MR) is 68.7 cm³/mol. The summed E-state index contributed by atoms with van der Waals surface area (Å²) in [6.07, 6.45) is 5.71. The first kappa shape index (κ1) is 15.1. The number of rotatable bonds is 4. The molecule has 1 saturated heterocycles. The van der Waals surface area contributed by atoms with Crippen molar-refractivity contribution in [3.05, 3.63) is 0 Å². The molecule has 1 rings (SSSR count). The third-order valence-corrected chi connectivity index (χ3v) is 3.33. The van der Waals surface area contributed by atoms with Crippen LogP contribution < -0.4 is 5.73 Å². The Bertz CT molecular complexity index is 184. The van der Waals surface area contributed by atoms with Crippen LogP contribution in [0.15, 0.2) is 0 Å². The Morgan fingerprint density at radius 1 is 1.47 bits per heavy atom. The van der Waals surface area contributed by atoms with Crippen molar-refractivity contribution in [2.24, 2.45) is 5.73 Å². The van der Waals surface area contributed by atoms with Crippen LogP contribution in [0.5, 0.6) is 0 Å². The fourth-order valence-electron chi connectivity index (χ4n) is 1.67. The lowest BCUT2D eigenvalue weighted by Gasteiger charge is -2.30. The number of halogens is 1. The summed E-state index contributed by atoms with van der Waals surface area (Å²) in [5, 5.41) is 0. The normalized spacial score (nSPS) is 17.3. The average molecular weight is 253 g/mol. The van der Waals surface area contributed by atoms with E-state index >= 15 is 0 Å². The summed E-state index contributed by atoms with van der Waals surface area (Å²) >= 11 is 1.80. The molecule has 0 saturated carbocycles. The van der Waals surface area contributed by atoms with Gasteiger partial charge in [0.25, 0.3) is 0 Å². The third kappa shape index (κ3) is 5.64. The minimum atomic E-state index is 0. The summed E-state index contributed by atoms with van der Waals surface area (Å²) in [4.78, 5) is 13.6. The van der Waals surface area contributed by atoms with Gasteiger partial charge in [0.1, 0.15) is 0 Å². The molecule has 0 bridgehead atoms. The fraction of sp³-hybridized carbons (Fsp3) is 0.900. The van der Waals surface area contributed by atoms with E-state index in [0.717, 1.165) is 38.1 Å². The molecule has 2 N–H and O–H groups in total. The molecule has 1 amide bonds. The Morgan fingerprint density at radius 3 is 2.60 bits per heavy atom. The maximum Gasteiger partial charge on any atom is 0.222 e. The lowest BCUT2D eigenvalue weighted by Crippen LogP contribution is -2.42. The highest BCUT2D eigenvalue weighted by Gasteiger charge is 2.19. The zero-order chi connectivity index (χ0) is 10.4. The van der Waals surface area contributed by atoms with Gasteiger partial charge in [0, 0.05) is 25.6 Å². The van der Waals surface area contributed by atoms with Crippen molar-refractivity contribution in [2.45, 2.75) is 31.7 Å². The standard InChI is InChI=1S/C10H20N2OS.ClH/c1-14-8-2-3-10(13)12-6-4-9(11)5-7-12;/h9H,2-8,11H2,1H3;1H. The number of hydrogen-bond acceptors (Lipinski definition) is 3. The highest BCUT2D eigenvalue weighted by atomic mass is 35.5. The van der Waals surface area contributed by atoms with E-state index < -0.39 is 0 Å². The number of piperidine rings is 1. The smallest absolute Gasteiger partial charge is 0.222 e. The first-order valence-electron chi connectivity index (χ1n) is 5.26. The third-order valence-electron chi connectivity index (χ3n) is 2.63. The van der Waals surface area contributed by atoms with E-state index in [-0.39, 0.29) is 12.4 Å². The molecular formula is C10H21ClN2OS. The van der Waals surface area contributed by atoms with Crippen LogP contribution in [0.25, 0.3) is 0 Å². The molecule has 1 fully saturated rings. The minimum absolute atomic E-state index is 0. The number of nitrogens with two attached hydrogens (primary N) is 1. The van der Waals surface area contributed by atoms with Gasteiger partial charge in [-0.1, -0.05) is 0 Å².